The number of pyridine rings is 1. The van der Waals surface area contributed by atoms with Crippen LogP contribution in [0.4, 0.5) is 11.5 Å². The van der Waals surface area contributed by atoms with Crippen LogP contribution >= 0.6 is 11.3 Å². The van der Waals surface area contributed by atoms with E-state index in [-0.39, 0.29) is 11.6 Å². The molecule has 0 aliphatic heterocycles. The van der Waals surface area contributed by atoms with Gasteiger partial charge in [-0.3, -0.25) is 4.79 Å². The van der Waals surface area contributed by atoms with Crippen molar-refractivity contribution in [2.45, 2.75) is 0 Å². The van der Waals surface area contributed by atoms with Gasteiger partial charge in [0.25, 0.3) is 5.91 Å². The molecule has 0 bridgehead atoms. The molecule has 5 rings (SSSR count). The lowest BCUT2D eigenvalue weighted by Crippen LogP contribution is -2.24. The van der Waals surface area contributed by atoms with Gasteiger partial charge in [0.2, 0.25) is 0 Å². The minimum atomic E-state index is -0.331. The summed E-state index contributed by atoms with van der Waals surface area (Å²) >= 11 is 1.48. The quantitative estimate of drug-likeness (QED) is 0.318. The number of hydrogen-bond donors (Lipinski definition) is 1. The lowest BCUT2D eigenvalue weighted by Gasteiger charge is -2.19. The second kappa shape index (κ2) is 10.6. The first-order valence-electron chi connectivity index (χ1n) is 11.4. The molecule has 180 valence electrons. The molecule has 0 fully saturated rings. The zero-order valence-corrected chi connectivity index (χ0v) is 20.7. The Morgan fingerprint density at radius 2 is 1.81 bits per heavy atom. The van der Waals surface area contributed by atoms with Crippen LogP contribution in [0.25, 0.3) is 32.3 Å². The van der Waals surface area contributed by atoms with Gasteiger partial charge in [-0.05, 0) is 24.3 Å². The summed E-state index contributed by atoms with van der Waals surface area (Å²) in [6.07, 6.45) is 1.75. The van der Waals surface area contributed by atoms with E-state index in [4.69, 9.17) is 14.7 Å². The van der Waals surface area contributed by atoms with Crippen molar-refractivity contribution < 1.29 is 9.53 Å². The fraction of sp³-hybridized carbons (Fsp3) is 0.148. The fourth-order valence-electron chi connectivity index (χ4n) is 3.66. The highest BCUT2D eigenvalue weighted by Gasteiger charge is 2.18. The number of rotatable bonds is 8. The SMILES string of the molecule is COCCN(C)c1cc(C(=O)Nc2ccccc2-c2nc3cccnc3s2)nc(-c2ccccc2)n1. The number of benzene rings is 2. The molecule has 0 aliphatic rings. The van der Waals surface area contributed by atoms with Gasteiger partial charge >= 0.3 is 0 Å². The van der Waals surface area contributed by atoms with E-state index < -0.39 is 0 Å². The molecule has 0 saturated heterocycles. The molecule has 0 spiro atoms. The van der Waals surface area contributed by atoms with Crippen molar-refractivity contribution >= 4 is 39.1 Å². The summed E-state index contributed by atoms with van der Waals surface area (Å²) in [5.74, 6) is 0.785. The Bertz CT molecular complexity index is 1470. The number of carbonyl (C=O) groups is 1. The molecule has 0 aliphatic carbocycles. The fourth-order valence-corrected chi connectivity index (χ4v) is 4.60. The van der Waals surface area contributed by atoms with Gasteiger partial charge in [-0.25, -0.2) is 19.9 Å². The molecule has 0 unspecified atom stereocenters. The van der Waals surface area contributed by atoms with E-state index in [9.17, 15) is 4.79 Å². The molecule has 3 heterocycles. The monoisotopic (exact) mass is 496 g/mol. The average molecular weight is 497 g/mol. The maximum atomic E-state index is 13.5. The largest absolute Gasteiger partial charge is 0.383 e. The van der Waals surface area contributed by atoms with Gasteiger partial charge in [-0.1, -0.05) is 53.8 Å². The molecule has 3 aromatic heterocycles. The van der Waals surface area contributed by atoms with Gasteiger partial charge in [0.05, 0.1) is 12.3 Å². The van der Waals surface area contributed by atoms with Gasteiger partial charge in [-0.2, -0.15) is 0 Å². The molecule has 0 atom stereocenters. The average Bonchev–Trinajstić information content (AvgIpc) is 3.36. The third kappa shape index (κ3) is 5.07. The highest BCUT2D eigenvalue weighted by atomic mass is 32.1. The number of nitrogens with one attached hydrogen (secondary N) is 1. The molecule has 1 amide bonds. The smallest absolute Gasteiger partial charge is 0.274 e. The molecular weight excluding hydrogens is 472 g/mol. The number of aromatic nitrogens is 4. The van der Waals surface area contributed by atoms with Crippen molar-refractivity contribution in [3.8, 4) is 22.0 Å². The zero-order chi connectivity index (χ0) is 24.9. The summed E-state index contributed by atoms with van der Waals surface area (Å²) in [4.78, 5) is 34.6. The summed E-state index contributed by atoms with van der Waals surface area (Å²) < 4.78 is 5.21. The highest BCUT2D eigenvalue weighted by Crippen LogP contribution is 2.34. The van der Waals surface area contributed by atoms with Crippen LogP contribution < -0.4 is 10.2 Å². The highest BCUT2D eigenvalue weighted by molar-refractivity contribution is 7.21. The minimum Gasteiger partial charge on any atom is -0.383 e. The number of likely N-dealkylation sites (N-methyl/N-ethyl adjacent to an activating group) is 1. The number of amides is 1. The van der Waals surface area contributed by atoms with Gasteiger partial charge in [0, 0.05) is 44.1 Å². The molecule has 0 radical (unpaired) electrons. The Hall–Kier alpha value is -4.21. The van der Waals surface area contributed by atoms with E-state index in [2.05, 4.69) is 15.3 Å². The number of nitrogens with zero attached hydrogens (tertiary/aromatic N) is 5. The topological polar surface area (TPSA) is 93.1 Å². The van der Waals surface area contributed by atoms with Gasteiger partial charge in [0.1, 0.15) is 26.9 Å². The van der Waals surface area contributed by atoms with E-state index in [1.807, 2.05) is 78.7 Å². The molecule has 2 aromatic carbocycles. The molecule has 5 aromatic rings. The van der Waals surface area contributed by atoms with Gasteiger partial charge < -0.3 is 15.0 Å². The van der Waals surface area contributed by atoms with Gasteiger partial charge in [0.15, 0.2) is 5.82 Å². The third-order valence-electron chi connectivity index (χ3n) is 5.57. The number of para-hydroxylation sites is 1. The minimum absolute atomic E-state index is 0.267. The van der Waals surface area contributed by atoms with Crippen LogP contribution in [0.2, 0.25) is 0 Å². The van der Waals surface area contributed by atoms with E-state index >= 15 is 0 Å². The van der Waals surface area contributed by atoms with E-state index in [0.29, 0.717) is 30.5 Å². The summed E-state index contributed by atoms with van der Waals surface area (Å²) in [5.41, 5.74) is 3.39. The van der Waals surface area contributed by atoms with E-state index in [1.54, 1.807) is 19.4 Å². The van der Waals surface area contributed by atoms with Crippen LogP contribution in [0.1, 0.15) is 10.5 Å². The van der Waals surface area contributed by atoms with Crippen molar-refractivity contribution in [1.82, 2.24) is 19.9 Å². The zero-order valence-electron chi connectivity index (χ0n) is 19.9. The van der Waals surface area contributed by atoms with Crippen molar-refractivity contribution in [2.24, 2.45) is 0 Å². The van der Waals surface area contributed by atoms with Crippen molar-refractivity contribution in [3.05, 3.63) is 84.7 Å². The third-order valence-corrected chi connectivity index (χ3v) is 6.58. The predicted molar refractivity (Wildman–Crippen MR) is 143 cm³/mol. The molecule has 8 nitrogen and oxygen atoms in total. The maximum absolute atomic E-state index is 13.5. The Morgan fingerprint density at radius 3 is 2.61 bits per heavy atom. The van der Waals surface area contributed by atoms with Crippen molar-refractivity contribution in [3.63, 3.8) is 0 Å². The summed E-state index contributed by atoms with van der Waals surface area (Å²) in [6, 6.07) is 22.7. The Balaban J connectivity index is 1.50. The molecule has 0 saturated carbocycles. The van der Waals surface area contributed by atoms with Crippen LogP contribution in [-0.4, -0.2) is 53.2 Å². The Kier molecular flexibility index (Phi) is 6.92. The van der Waals surface area contributed by atoms with Crippen LogP contribution in [0.15, 0.2) is 79.0 Å². The van der Waals surface area contributed by atoms with E-state index in [1.165, 1.54) is 11.3 Å². The number of anilines is 2. The van der Waals surface area contributed by atoms with Crippen LogP contribution in [0, 0.1) is 0 Å². The summed E-state index contributed by atoms with van der Waals surface area (Å²) in [7, 11) is 3.56. The number of fused-ring (bicyclic) bond motifs is 1. The first kappa shape index (κ1) is 23.5. The number of hydrogen-bond acceptors (Lipinski definition) is 8. The lowest BCUT2D eigenvalue weighted by molar-refractivity contribution is 0.102. The molecule has 9 heteroatoms. The Labute approximate surface area is 212 Å². The molecule has 1 N–H and O–H groups in total. The van der Waals surface area contributed by atoms with E-state index in [0.717, 1.165) is 26.5 Å². The second-order valence-corrected chi connectivity index (χ2v) is 9.04. The predicted octanol–water partition coefficient (Wildman–Crippen LogP) is 5.15. The lowest BCUT2D eigenvalue weighted by atomic mass is 10.1. The molecular formula is C27H24N6O2S. The van der Waals surface area contributed by atoms with Crippen LogP contribution in [-0.2, 0) is 4.74 Å². The number of ether oxygens (including phenoxy) is 1. The maximum Gasteiger partial charge on any atom is 0.274 e. The number of thiazole rings is 1. The van der Waals surface area contributed by atoms with Crippen LogP contribution in [0.5, 0.6) is 0 Å². The van der Waals surface area contributed by atoms with Crippen molar-refractivity contribution in [1.29, 1.82) is 0 Å². The van der Waals surface area contributed by atoms with Gasteiger partial charge in [-0.15, -0.1) is 0 Å². The van der Waals surface area contributed by atoms with Crippen LogP contribution in [0.3, 0.4) is 0 Å². The normalized spacial score (nSPS) is 10.9. The second-order valence-electron chi connectivity index (χ2n) is 8.06. The first-order chi connectivity index (χ1) is 17.6. The Morgan fingerprint density at radius 1 is 1.00 bits per heavy atom. The standard InChI is InChI=1S/C27H24N6O2S/c1-33(15-16-35-2)23-17-22(29-24(32-23)18-9-4-3-5-10-18)25(34)30-20-12-7-6-11-19(20)26-31-21-13-8-14-28-27(21)36-26/h3-14,17H,15-16H2,1-2H3,(H,30,34). The van der Waals surface area contributed by atoms with Crippen molar-refractivity contribution in [2.75, 3.05) is 37.5 Å². The number of methoxy groups -OCH3 is 1. The summed E-state index contributed by atoms with van der Waals surface area (Å²) in [5, 5.41) is 3.82. The number of carbonyl (C=O) groups excluding carboxylic acids is 1. The summed E-state index contributed by atoms with van der Waals surface area (Å²) in [6.45, 7) is 1.16. The molecule has 36 heavy (non-hydrogen) atoms. The first-order valence-corrected chi connectivity index (χ1v) is 12.2.